The van der Waals surface area contributed by atoms with Gasteiger partial charge in [-0.25, -0.2) is 18.6 Å². The van der Waals surface area contributed by atoms with Crippen LogP contribution in [-0.2, 0) is 13.6 Å². The van der Waals surface area contributed by atoms with E-state index in [9.17, 15) is 23.8 Å². The lowest BCUT2D eigenvalue weighted by Gasteiger charge is -2.22. The smallest absolute Gasteiger partial charge is 0.328 e. The molecule has 0 aliphatic carbocycles. The van der Waals surface area contributed by atoms with Crippen LogP contribution in [0.15, 0.2) is 29.2 Å². The molecule has 12 heteroatoms. The maximum absolute atomic E-state index is 13.9. The summed E-state index contributed by atoms with van der Waals surface area (Å²) >= 11 is 6.27. The van der Waals surface area contributed by atoms with Crippen molar-refractivity contribution < 1.29 is 19.0 Å². The minimum Gasteiger partial charge on any atom is -0.394 e. The number of imidazole rings is 1. The third-order valence-electron chi connectivity index (χ3n) is 5.93. The first-order valence-electron chi connectivity index (χ1n) is 10.8. The molecule has 0 amide bonds. The molecule has 9 nitrogen and oxygen atoms in total. The molecule has 3 heterocycles. The maximum Gasteiger partial charge on any atom is 0.328 e. The Morgan fingerprint density at radius 1 is 1.32 bits per heavy atom. The Hall–Kier alpha value is -2.76. The molecule has 4 rings (SSSR count). The molecular formula is C22H27ClF2N6O3. The topological polar surface area (TPSA) is 108 Å². The molecular weight excluding hydrogens is 470 g/mol. The van der Waals surface area contributed by atoms with Gasteiger partial charge in [-0.1, -0.05) is 11.6 Å². The molecule has 0 radical (unpaired) electrons. The SMILES string of the molecule is Cn1c(=O)n(CCC(C)(C)O)c2cc(Nc3nc(N4CC(F)(F)C[C@H]4CO)ncc3Cl)ccc21. The zero-order chi connectivity index (χ0) is 24.8. The summed E-state index contributed by atoms with van der Waals surface area (Å²) < 4.78 is 30.9. The summed E-state index contributed by atoms with van der Waals surface area (Å²) in [4.78, 5) is 22.4. The molecule has 1 aromatic carbocycles. The average Bonchev–Trinajstić information content (AvgIpc) is 3.20. The van der Waals surface area contributed by atoms with Crippen LogP contribution in [0.1, 0.15) is 26.7 Å². The summed E-state index contributed by atoms with van der Waals surface area (Å²) in [6.45, 7) is 2.65. The van der Waals surface area contributed by atoms with Gasteiger partial charge in [-0.05, 0) is 38.5 Å². The highest BCUT2D eigenvalue weighted by molar-refractivity contribution is 6.32. The van der Waals surface area contributed by atoms with Gasteiger partial charge in [0.05, 0.1) is 42.0 Å². The molecule has 1 atom stereocenters. The Balaban J connectivity index is 1.66. The van der Waals surface area contributed by atoms with Gasteiger partial charge in [-0.15, -0.1) is 0 Å². The molecule has 1 saturated heterocycles. The number of aliphatic hydroxyl groups is 2. The van der Waals surface area contributed by atoms with Gasteiger partial charge in [0.25, 0.3) is 5.92 Å². The third kappa shape index (κ3) is 4.86. The highest BCUT2D eigenvalue weighted by Crippen LogP contribution is 2.35. The zero-order valence-corrected chi connectivity index (χ0v) is 19.9. The number of rotatable bonds is 7. The van der Waals surface area contributed by atoms with Crippen molar-refractivity contribution in [2.45, 2.75) is 50.8 Å². The number of nitrogens with one attached hydrogen (secondary N) is 1. The lowest BCUT2D eigenvalue weighted by atomic mass is 10.1. The second kappa shape index (κ2) is 8.79. The van der Waals surface area contributed by atoms with Crippen molar-refractivity contribution in [2.24, 2.45) is 7.05 Å². The predicted octanol–water partition coefficient (Wildman–Crippen LogP) is 2.89. The highest BCUT2D eigenvalue weighted by Gasteiger charge is 2.45. The van der Waals surface area contributed by atoms with E-state index in [-0.39, 0.29) is 22.5 Å². The van der Waals surface area contributed by atoms with Crippen molar-refractivity contribution in [1.29, 1.82) is 0 Å². The number of fused-ring (bicyclic) bond motifs is 1. The molecule has 0 unspecified atom stereocenters. The monoisotopic (exact) mass is 496 g/mol. The van der Waals surface area contributed by atoms with Crippen LogP contribution in [0, 0.1) is 0 Å². The van der Waals surface area contributed by atoms with Crippen molar-refractivity contribution >= 4 is 40.1 Å². The second-order valence-corrected chi connectivity index (χ2v) is 9.68. The standard InChI is InChI=1S/C22H27ClF2N6O3/c1-21(2,34)6-7-30-17-8-13(4-5-16(17)29(3)20(30)33)27-18-15(23)10-26-19(28-18)31-12-22(24,25)9-14(31)11-32/h4-5,8,10,14,32,34H,6-7,9,11-12H2,1-3H3,(H,26,27,28)/t14-/m0/s1. The van der Waals surface area contributed by atoms with Crippen LogP contribution in [0.3, 0.4) is 0 Å². The fraction of sp³-hybridized carbons (Fsp3) is 0.500. The van der Waals surface area contributed by atoms with Crippen molar-refractivity contribution in [3.05, 3.63) is 39.9 Å². The van der Waals surface area contributed by atoms with E-state index in [1.165, 1.54) is 15.7 Å². The molecule has 184 valence electrons. The van der Waals surface area contributed by atoms with E-state index >= 15 is 0 Å². The van der Waals surface area contributed by atoms with E-state index in [0.717, 1.165) is 0 Å². The predicted molar refractivity (Wildman–Crippen MR) is 126 cm³/mol. The van der Waals surface area contributed by atoms with E-state index in [2.05, 4.69) is 15.3 Å². The van der Waals surface area contributed by atoms with E-state index in [1.54, 1.807) is 43.7 Å². The number of anilines is 3. The average molecular weight is 497 g/mol. The minimum atomic E-state index is -2.95. The van der Waals surface area contributed by atoms with Crippen LogP contribution in [0.4, 0.5) is 26.2 Å². The lowest BCUT2D eigenvalue weighted by molar-refractivity contribution is 0.0200. The summed E-state index contributed by atoms with van der Waals surface area (Å²) in [7, 11) is 1.68. The molecule has 0 bridgehead atoms. The number of halogens is 3. The summed E-state index contributed by atoms with van der Waals surface area (Å²) in [6.07, 6.45) is 1.22. The first-order valence-corrected chi connectivity index (χ1v) is 11.2. The van der Waals surface area contributed by atoms with Crippen LogP contribution in [0.5, 0.6) is 0 Å². The largest absolute Gasteiger partial charge is 0.394 e. The molecule has 3 aromatic rings. The Kier molecular flexibility index (Phi) is 6.30. The van der Waals surface area contributed by atoms with Gasteiger partial charge in [0, 0.05) is 25.7 Å². The quantitative estimate of drug-likeness (QED) is 0.461. The number of aryl methyl sites for hydroxylation is 2. The van der Waals surface area contributed by atoms with Gasteiger partial charge in [-0.3, -0.25) is 9.13 Å². The first-order chi connectivity index (χ1) is 15.9. The summed E-state index contributed by atoms with van der Waals surface area (Å²) in [5.41, 5.74) is 0.814. The first kappa shape index (κ1) is 24.4. The van der Waals surface area contributed by atoms with E-state index < -0.39 is 37.1 Å². The Morgan fingerprint density at radius 2 is 2.06 bits per heavy atom. The molecule has 0 saturated carbocycles. The number of aromatic nitrogens is 4. The summed E-state index contributed by atoms with van der Waals surface area (Å²) in [6, 6.07) is 4.49. The van der Waals surface area contributed by atoms with Gasteiger partial charge in [0.1, 0.15) is 5.02 Å². The maximum atomic E-state index is 13.9. The Bertz CT molecular complexity index is 1270. The van der Waals surface area contributed by atoms with Gasteiger partial charge >= 0.3 is 5.69 Å². The molecule has 34 heavy (non-hydrogen) atoms. The van der Waals surface area contributed by atoms with Crippen LogP contribution in [0.25, 0.3) is 11.0 Å². The third-order valence-corrected chi connectivity index (χ3v) is 6.21. The van der Waals surface area contributed by atoms with E-state index in [0.29, 0.717) is 29.7 Å². The fourth-order valence-electron chi connectivity index (χ4n) is 4.11. The number of alkyl halides is 2. The molecule has 1 aliphatic heterocycles. The highest BCUT2D eigenvalue weighted by atomic mass is 35.5. The van der Waals surface area contributed by atoms with Crippen molar-refractivity contribution in [3.63, 3.8) is 0 Å². The van der Waals surface area contributed by atoms with Crippen LogP contribution in [0.2, 0.25) is 5.02 Å². The number of hydrogen-bond donors (Lipinski definition) is 3. The van der Waals surface area contributed by atoms with Gasteiger partial charge in [0.15, 0.2) is 5.82 Å². The molecule has 3 N–H and O–H groups in total. The second-order valence-electron chi connectivity index (χ2n) is 9.28. The van der Waals surface area contributed by atoms with E-state index in [1.807, 2.05) is 0 Å². The van der Waals surface area contributed by atoms with Crippen molar-refractivity contribution in [2.75, 3.05) is 23.4 Å². The molecule has 1 fully saturated rings. The Labute approximate surface area is 199 Å². The van der Waals surface area contributed by atoms with Crippen LogP contribution in [-0.4, -0.2) is 60.0 Å². The van der Waals surface area contributed by atoms with Crippen molar-refractivity contribution in [1.82, 2.24) is 19.1 Å². The van der Waals surface area contributed by atoms with E-state index in [4.69, 9.17) is 11.6 Å². The number of benzene rings is 1. The Morgan fingerprint density at radius 3 is 2.74 bits per heavy atom. The van der Waals surface area contributed by atoms with Crippen LogP contribution >= 0.6 is 11.6 Å². The minimum absolute atomic E-state index is 0.0333. The lowest BCUT2D eigenvalue weighted by Crippen LogP contribution is -2.34. The summed E-state index contributed by atoms with van der Waals surface area (Å²) in [5.74, 6) is -2.71. The van der Waals surface area contributed by atoms with Crippen LogP contribution < -0.4 is 15.9 Å². The van der Waals surface area contributed by atoms with Gasteiger partial charge in [-0.2, -0.15) is 4.98 Å². The number of nitrogens with zero attached hydrogens (tertiary/aromatic N) is 5. The normalized spacial score (nSPS) is 18.1. The number of hydrogen-bond acceptors (Lipinski definition) is 7. The van der Waals surface area contributed by atoms with Gasteiger partial charge in [0.2, 0.25) is 5.95 Å². The van der Waals surface area contributed by atoms with Gasteiger partial charge < -0.3 is 20.4 Å². The van der Waals surface area contributed by atoms with Crippen molar-refractivity contribution in [3.8, 4) is 0 Å². The fourth-order valence-corrected chi connectivity index (χ4v) is 4.24. The molecule has 2 aromatic heterocycles. The molecule has 0 spiro atoms. The zero-order valence-electron chi connectivity index (χ0n) is 19.1. The number of aliphatic hydroxyl groups excluding tert-OH is 1. The summed E-state index contributed by atoms with van der Waals surface area (Å²) in [5, 5.41) is 22.9. The molecule has 1 aliphatic rings.